The highest BCUT2D eigenvalue weighted by atomic mass is 16.4. The number of nitrogens with one attached hydrogen (secondary N) is 2. The number of nitrogens with zero attached hydrogens (tertiary/aromatic N) is 2. The molecule has 2 aromatic carbocycles. The van der Waals surface area contributed by atoms with Gasteiger partial charge in [0.05, 0.1) is 11.4 Å². The lowest BCUT2D eigenvalue weighted by Gasteiger charge is -2.40. The van der Waals surface area contributed by atoms with Crippen molar-refractivity contribution in [1.82, 2.24) is 14.9 Å². The van der Waals surface area contributed by atoms with E-state index in [-0.39, 0.29) is 11.8 Å². The second-order valence-electron chi connectivity index (χ2n) is 11.8. The number of carbonyl (C=O) groups is 3. The Hall–Kier alpha value is -4.72. The minimum atomic E-state index is -1.02. The Bertz CT molecular complexity index is 1740. The predicted octanol–water partition coefficient (Wildman–Crippen LogP) is 6.60. The molecule has 2 aromatic heterocycles. The standard InChI is InChI=1S/C35H36N4O4/c1-22-20-26(14-11-23(22)13-16-30(40)41)37-34(43)35(17-7-18-35)38-33(42)25-12-15-27-29(21-25)39(2)32(28-10-5-6-19-36-28)31(27)24-8-3-4-9-24/h5-6,10-16,19-21,24H,3-4,7-9,17-18H2,1-2H3,(H,37,43)(H,38,42)(H,40,41)/b16-13+. The number of aryl methyl sites for hydroxylation is 2. The minimum Gasteiger partial charge on any atom is -0.478 e. The van der Waals surface area contributed by atoms with Crippen LogP contribution in [0.2, 0.25) is 0 Å². The van der Waals surface area contributed by atoms with Crippen LogP contribution >= 0.6 is 0 Å². The molecule has 0 aliphatic heterocycles. The Morgan fingerprint density at radius 3 is 2.47 bits per heavy atom. The molecule has 0 atom stereocenters. The lowest BCUT2D eigenvalue weighted by Crippen LogP contribution is -2.61. The Kier molecular flexibility index (Phi) is 7.61. The summed E-state index contributed by atoms with van der Waals surface area (Å²) in [4.78, 5) is 42.7. The van der Waals surface area contributed by atoms with Crippen LogP contribution in [0.5, 0.6) is 0 Å². The van der Waals surface area contributed by atoms with Crippen molar-refractivity contribution >= 4 is 40.4 Å². The number of aliphatic carboxylic acids is 1. The van der Waals surface area contributed by atoms with Gasteiger partial charge in [0, 0.05) is 41.5 Å². The van der Waals surface area contributed by atoms with Crippen molar-refractivity contribution in [3.63, 3.8) is 0 Å². The van der Waals surface area contributed by atoms with Gasteiger partial charge in [-0.3, -0.25) is 14.6 Å². The smallest absolute Gasteiger partial charge is 0.328 e. The molecule has 2 fully saturated rings. The van der Waals surface area contributed by atoms with E-state index in [0.717, 1.165) is 58.8 Å². The first-order valence-electron chi connectivity index (χ1n) is 14.9. The molecule has 0 saturated heterocycles. The van der Waals surface area contributed by atoms with E-state index in [9.17, 15) is 14.4 Å². The Labute approximate surface area is 250 Å². The van der Waals surface area contributed by atoms with E-state index in [4.69, 9.17) is 5.11 Å². The lowest BCUT2D eigenvalue weighted by atomic mass is 9.75. The number of hydrogen-bond donors (Lipinski definition) is 3. The second kappa shape index (κ2) is 11.5. The molecule has 2 aliphatic rings. The molecule has 2 aliphatic carbocycles. The van der Waals surface area contributed by atoms with Crippen molar-refractivity contribution in [3.8, 4) is 11.4 Å². The van der Waals surface area contributed by atoms with Gasteiger partial charge in [-0.25, -0.2) is 4.79 Å². The maximum absolute atomic E-state index is 13.6. The molecule has 0 unspecified atom stereocenters. The molecule has 6 rings (SSSR count). The van der Waals surface area contributed by atoms with E-state index >= 15 is 0 Å². The number of carbonyl (C=O) groups excluding carboxylic acids is 2. The Morgan fingerprint density at radius 2 is 1.81 bits per heavy atom. The molecule has 2 saturated carbocycles. The lowest BCUT2D eigenvalue weighted by molar-refractivity contribution is -0.131. The summed E-state index contributed by atoms with van der Waals surface area (Å²) < 4.78 is 2.16. The third-order valence-corrected chi connectivity index (χ3v) is 9.10. The van der Waals surface area contributed by atoms with Crippen LogP contribution in [0, 0.1) is 6.92 Å². The third-order valence-electron chi connectivity index (χ3n) is 9.10. The maximum Gasteiger partial charge on any atom is 0.328 e. The molecule has 43 heavy (non-hydrogen) atoms. The summed E-state index contributed by atoms with van der Waals surface area (Å²) in [6.07, 6.45) is 11.1. The fraction of sp³-hybridized carbons (Fsp3) is 0.314. The number of amides is 2. The topological polar surface area (TPSA) is 113 Å². The van der Waals surface area contributed by atoms with E-state index in [0.29, 0.717) is 30.0 Å². The summed E-state index contributed by atoms with van der Waals surface area (Å²) in [5, 5.41) is 16.1. The van der Waals surface area contributed by atoms with Crippen LogP contribution in [-0.4, -0.2) is 38.0 Å². The maximum atomic E-state index is 13.6. The number of hydrogen-bond acceptors (Lipinski definition) is 4. The zero-order chi connectivity index (χ0) is 30.1. The van der Waals surface area contributed by atoms with Crippen LogP contribution in [-0.2, 0) is 16.6 Å². The molecule has 0 radical (unpaired) electrons. The molecule has 220 valence electrons. The van der Waals surface area contributed by atoms with Gasteiger partial charge in [0.1, 0.15) is 5.54 Å². The number of carboxylic acid groups (broad SMARTS) is 1. The summed E-state index contributed by atoms with van der Waals surface area (Å²) in [6, 6.07) is 17.1. The molecule has 0 bridgehead atoms. The number of aromatic nitrogens is 2. The highest BCUT2D eigenvalue weighted by Gasteiger charge is 2.45. The molecule has 8 nitrogen and oxygen atoms in total. The summed E-state index contributed by atoms with van der Waals surface area (Å²) in [6.45, 7) is 1.86. The largest absolute Gasteiger partial charge is 0.478 e. The Morgan fingerprint density at radius 1 is 1.02 bits per heavy atom. The van der Waals surface area contributed by atoms with E-state index in [1.54, 1.807) is 18.2 Å². The number of fused-ring (bicyclic) bond motifs is 1. The number of rotatable bonds is 8. The first-order valence-corrected chi connectivity index (χ1v) is 14.9. The predicted molar refractivity (Wildman–Crippen MR) is 168 cm³/mol. The molecule has 2 heterocycles. The summed E-state index contributed by atoms with van der Waals surface area (Å²) in [7, 11) is 2.04. The van der Waals surface area contributed by atoms with Crippen molar-refractivity contribution in [2.45, 2.75) is 63.3 Å². The third kappa shape index (κ3) is 5.45. The van der Waals surface area contributed by atoms with Gasteiger partial charge < -0.3 is 20.3 Å². The van der Waals surface area contributed by atoms with Gasteiger partial charge in [0.15, 0.2) is 0 Å². The van der Waals surface area contributed by atoms with Crippen LogP contribution in [0.15, 0.2) is 66.9 Å². The van der Waals surface area contributed by atoms with Gasteiger partial charge >= 0.3 is 5.97 Å². The van der Waals surface area contributed by atoms with Crippen molar-refractivity contribution in [2.75, 3.05) is 5.32 Å². The zero-order valence-corrected chi connectivity index (χ0v) is 24.5. The van der Waals surface area contributed by atoms with E-state index in [1.807, 2.05) is 50.5 Å². The van der Waals surface area contributed by atoms with Crippen LogP contribution in [0.25, 0.3) is 28.4 Å². The van der Waals surface area contributed by atoms with Gasteiger partial charge in [-0.2, -0.15) is 0 Å². The first kappa shape index (κ1) is 28.4. The van der Waals surface area contributed by atoms with Crippen LogP contribution < -0.4 is 10.6 Å². The monoisotopic (exact) mass is 576 g/mol. The average molecular weight is 577 g/mol. The highest BCUT2D eigenvalue weighted by molar-refractivity contribution is 6.06. The minimum absolute atomic E-state index is 0.249. The first-order chi connectivity index (χ1) is 20.8. The zero-order valence-electron chi connectivity index (χ0n) is 24.5. The van der Waals surface area contributed by atoms with Gasteiger partial charge in [-0.15, -0.1) is 0 Å². The molecular weight excluding hydrogens is 540 g/mol. The normalized spacial score (nSPS) is 16.3. The SMILES string of the molecule is Cc1cc(NC(=O)C2(NC(=O)c3ccc4c(C5CCCC5)c(-c5ccccn5)n(C)c4c3)CCC2)ccc1/C=C/C(=O)O. The van der Waals surface area contributed by atoms with Crippen molar-refractivity contribution in [1.29, 1.82) is 0 Å². The molecular formula is C35H36N4O4. The molecule has 4 aromatic rings. The van der Waals surface area contributed by atoms with Gasteiger partial charge in [-0.05, 0) is 104 Å². The fourth-order valence-electron chi connectivity index (χ4n) is 6.63. The summed E-state index contributed by atoms with van der Waals surface area (Å²) in [5.41, 5.74) is 6.06. The second-order valence-corrected chi connectivity index (χ2v) is 11.8. The number of benzene rings is 2. The molecule has 0 spiro atoms. The van der Waals surface area contributed by atoms with Gasteiger partial charge in [0.25, 0.3) is 5.91 Å². The number of anilines is 1. The molecule has 2 amide bonds. The molecule has 3 N–H and O–H groups in total. The van der Waals surface area contributed by atoms with E-state index < -0.39 is 11.5 Å². The van der Waals surface area contributed by atoms with Crippen molar-refractivity contribution < 1.29 is 19.5 Å². The van der Waals surface area contributed by atoms with Crippen LogP contribution in [0.1, 0.15) is 77.9 Å². The van der Waals surface area contributed by atoms with E-state index in [2.05, 4.69) is 26.3 Å². The quantitative estimate of drug-likeness (QED) is 0.205. The highest BCUT2D eigenvalue weighted by Crippen LogP contribution is 2.44. The van der Waals surface area contributed by atoms with Crippen molar-refractivity contribution in [3.05, 3.63) is 89.1 Å². The fourth-order valence-corrected chi connectivity index (χ4v) is 6.63. The average Bonchev–Trinajstić information content (AvgIpc) is 3.60. The summed E-state index contributed by atoms with van der Waals surface area (Å²) >= 11 is 0. The van der Waals surface area contributed by atoms with Gasteiger partial charge in [0.2, 0.25) is 5.91 Å². The van der Waals surface area contributed by atoms with Crippen molar-refractivity contribution in [2.24, 2.45) is 7.05 Å². The number of pyridine rings is 1. The number of carboxylic acids is 1. The van der Waals surface area contributed by atoms with Crippen LogP contribution in [0.4, 0.5) is 5.69 Å². The van der Waals surface area contributed by atoms with E-state index in [1.165, 1.54) is 24.5 Å². The summed E-state index contributed by atoms with van der Waals surface area (Å²) in [5.74, 6) is -1.08. The van der Waals surface area contributed by atoms with Crippen LogP contribution in [0.3, 0.4) is 0 Å². The Balaban J connectivity index is 1.26. The molecule has 8 heteroatoms. The van der Waals surface area contributed by atoms with Gasteiger partial charge in [-0.1, -0.05) is 31.0 Å².